The van der Waals surface area contributed by atoms with Crippen LogP contribution in [0.1, 0.15) is 65.2 Å². The molecule has 0 saturated carbocycles. The van der Waals surface area contributed by atoms with Crippen molar-refractivity contribution in [1.29, 1.82) is 0 Å². The second-order valence-corrected chi connectivity index (χ2v) is 7.57. The lowest BCUT2D eigenvalue weighted by atomic mass is 9.78. The number of ether oxygens (including phenoxy) is 1. The minimum Gasteiger partial charge on any atom is -0.489 e. The van der Waals surface area contributed by atoms with Gasteiger partial charge >= 0.3 is 0 Å². The molecule has 112 valence electrons. The highest BCUT2D eigenvalue weighted by molar-refractivity contribution is 5.50. The van der Waals surface area contributed by atoms with Gasteiger partial charge in [0.15, 0.2) is 0 Å². The zero-order valence-electron chi connectivity index (χ0n) is 14.4. The Balaban J connectivity index is 3.46. The van der Waals surface area contributed by atoms with E-state index in [0.29, 0.717) is 6.61 Å². The Morgan fingerprint density at radius 3 is 1.75 bits per heavy atom. The quantitative estimate of drug-likeness (QED) is 0.657. The molecule has 0 fully saturated rings. The molecule has 0 unspecified atom stereocenters. The molecule has 0 saturated heterocycles. The molecular weight excluding hydrogens is 244 g/mol. The lowest BCUT2D eigenvalue weighted by Gasteiger charge is -2.30. The van der Waals surface area contributed by atoms with E-state index in [1.807, 2.05) is 13.0 Å². The Labute approximate surface area is 125 Å². The molecule has 0 aromatic heterocycles. The van der Waals surface area contributed by atoms with Gasteiger partial charge in [0.2, 0.25) is 0 Å². The van der Waals surface area contributed by atoms with Crippen molar-refractivity contribution in [3.05, 3.63) is 41.0 Å². The number of rotatable bonds is 3. The Bertz CT molecular complexity index is 446. The summed E-state index contributed by atoms with van der Waals surface area (Å²) in [6.07, 6.45) is 4.08. The van der Waals surface area contributed by atoms with E-state index in [2.05, 4.69) is 66.7 Å². The van der Waals surface area contributed by atoms with Crippen molar-refractivity contribution in [3.8, 4) is 5.75 Å². The second-order valence-electron chi connectivity index (χ2n) is 7.57. The van der Waals surface area contributed by atoms with E-state index in [9.17, 15) is 0 Å². The molecule has 1 aromatic carbocycles. The van der Waals surface area contributed by atoms with E-state index >= 15 is 0 Å². The van der Waals surface area contributed by atoms with Crippen LogP contribution in [0.3, 0.4) is 0 Å². The van der Waals surface area contributed by atoms with Crippen LogP contribution < -0.4 is 4.74 Å². The van der Waals surface area contributed by atoms with Gasteiger partial charge in [-0.15, -0.1) is 0 Å². The Hall–Kier alpha value is -1.24. The molecule has 0 N–H and O–H groups in total. The maximum absolute atomic E-state index is 6.13. The molecule has 1 heteroatoms. The lowest BCUT2D eigenvalue weighted by Crippen LogP contribution is -2.20. The molecule has 0 aliphatic rings. The molecule has 0 atom stereocenters. The minimum atomic E-state index is 0.0806. The van der Waals surface area contributed by atoms with E-state index in [1.165, 1.54) is 16.7 Å². The van der Waals surface area contributed by atoms with Gasteiger partial charge in [0, 0.05) is 11.1 Å². The average Bonchev–Trinajstić information content (AvgIpc) is 2.28. The lowest BCUT2D eigenvalue weighted by molar-refractivity contribution is 0.338. The molecule has 1 aromatic rings. The Kier molecular flexibility index (Phi) is 5.07. The summed E-state index contributed by atoms with van der Waals surface area (Å²) in [6, 6.07) is 4.53. The number of hydrogen-bond donors (Lipinski definition) is 0. The molecule has 0 amide bonds. The van der Waals surface area contributed by atoms with Crippen molar-refractivity contribution in [2.24, 2.45) is 0 Å². The van der Waals surface area contributed by atoms with Gasteiger partial charge in [-0.05, 0) is 24.7 Å². The van der Waals surface area contributed by atoms with E-state index in [4.69, 9.17) is 4.74 Å². The highest BCUT2D eigenvalue weighted by atomic mass is 16.5. The fourth-order valence-corrected chi connectivity index (χ4v) is 2.27. The number of allylic oxidation sites excluding steroid dienone is 1. The molecular formula is C19H30O. The van der Waals surface area contributed by atoms with Gasteiger partial charge in [-0.25, -0.2) is 0 Å². The summed E-state index contributed by atoms with van der Waals surface area (Å²) in [7, 11) is 0. The molecule has 0 bridgehead atoms. The van der Waals surface area contributed by atoms with Gasteiger partial charge in [0.1, 0.15) is 12.4 Å². The van der Waals surface area contributed by atoms with Crippen molar-refractivity contribution in [1.82, 2.24) is 0 Å². The predicted molar refractivity (Wildman–Crippen MR) is 88.9 cm³/mol. The first kappa shape index (κ1) is 16.8. The standard InChI is InChI=1S/C19H30O/c1-9-10-11-20-17-15(18(3,4)5)12-14(2)13-16(17)19(6,7)8/h9-10,12-13H,11H2,1-8H3/b10-9+. The molecule has 0 aliphatic heterocycles. The SMILES string of the molecule is C/C=C/COc1c(C(C)(C)C)cc(C)cc1C(C)(C)C. The first-order valence-electron chi connectivity index (χ1n) is 7.47. The maximum atomic E-state index is 6.13. The topological polar surface area (TPSA) is 9.23 Å². The van der Waals surface area contributed by atoms with E-state index in [0.717, 1.165) is 5.75 Å². The summed E-state index contributed by atoms with van der Waals surface area (Å²) in [5.41, 5.74) is 4.06. The van der Waals surface area contributed by atoms with Crippen LogP contribution in [0.5, 0.6) is 5.75 Å². The minimum absolute atomic E-state index is 0.0806. The number of hydrogen-bond acceptors (Lipinski definition) is 1. The zero-order valence-corrected chi connectivity index (χ0v) is 14.4. The van der Waals surface area contributed by atoms with Gasteiger partial charge in [-0.1, -0.05) is 71.4 Å². The third-order valence-corrected chi connectivity index (χ3v) is 3.41. The molecule has 0 aliphatic carbocycles. The number of aryl methyl sites for hydroxylation is 1. The van der Waals surface area contributed by atoms with Gasteiger partial charge in [0.05, 0.1) is 0 Å². The van der Waals surface area contributed by atoms with Crippen LogP contribution in [-0.4, -0.2) is 6.61 Å². The largest absolute Gasteiger partial charge is 0.489 e. The van der Waals surface area contributed by atoms with Gasteiger partial charge in [-0.2, -0.15) is 0 Å². The van der Waals surface area contributed by atoms with Gasteiger partial charge < -0.3 is 4.74 Å². The van der Waals surface area contributed by atoms with E-state index in [1.54, 1.807) is 0 Å². The summed E-state index contributed by atoms with van der Waals surface area (Å²) < 4.78 is 6.13. The molecule has 1 nitrogen and oxygen atoms in total. The molecule has 0 radical (unpaired) electrons. The van der Waals surface area contributed by atoms with E-state index < -0.39 is 0 Å². The number of benzene rings is 1. The van der Waals surface area contributed by atoms with Crippen LogP contribution >= 0.6 is 0 Å². The van der Waals surface area contributed by atoms with Crippen molar-refractivity contribution in [2.45, 2.75) is 66.2 Å². The average molecular weight is 274 g/mol. The fraction of sp³-hybridized carbons (Fsp3) is 0.579. The van der Waals surface area contributed by atoms with Crippen LogP contribution in [0.15, 0.2) is 24.3 Å². The molecule has 1 rings (SSSR count). The maximum Gasteiger partial charge on any atom is 0.127 e. The summed E-state index contributed by atoms with van der Waals surface area (Å²) in [4.78, 5) is 0. The summed E-state index contributed by atoms with van der Waals surface area (Å²) >= 11 is 0. The Morgan fingerprint density at radius 1 is 0.950 bits per heavy atom. The van der Waals surface area contributed by atoms with E-state index in [-0.39, 0.29) is 10.8 Å². The summed E-state index contributed by atoms with van der Waals surface area (Å²) in [5, 5.41) is 0. The Morgan fingerprint density at radius 2 is 1.40 bits per heavy atom. The molecule has 20 heavy (non-hydrogen) atoms. The van der Waals surface area contributed by atoms with Crippen LogP contribution in [0.25, 0.3) is 0 Å². The van der Waals surface area contributed by atoms with Crippen molar-refractivity contribution < 1.29 is 4.74 Å². The van der Waals surface area contributed by atoms with Crippen molar-refractivity contribution >= 4 is 0 Å². The summed E-state index contributed by atoms with van der Waals surface area (Å²) in [6.45, 7) is 18.3. The van der Waals surface area contributed by atoms with Crippen LogP contribution in [0.2, 0.25) is 0 Å². The first-order valence-corrected chi connectivity index (χ1v) is 7.47. The third kappa shape index (κ3) is 4.13. The monoisotopic (exact) mass is 274 g/mol. The molecule has 0 spiro atoms. The van der Waals surface area contributed by atoms with Gasteiger partial charge in [-0.3, -0.25) is 0 Å². The predicted octanol–water partition coefficient (Wildman–Crippen LogP) is 5.54. The first-order chi connectivity index (χ1) is 9.07. The normalized spacial score (nSPS) is 13.0. The van der Waals surface area contributed by atoms with Crippen molar-refractivity contribution in [2.75, 3.05) is 6.61 Å². The second kappa shape index (κ2) is 6.03. The smallest absolute Gasteiger partial charge is 0.127 e. The van der Waals surface area contributed by atoms with Crippen LogP contribution in [0, 0.1) is 6.92 Å². The highest BCUT2D eigenvalue weighted by Crippen LogP contribution is 2.40. The molecule has 0 heterocycles. The summed E-state index contributed by atoms with van der Waals surface area (Å²) in [5.74, 6) is 1.06. The zero-order chi connectivity index (χ0) is 15.6. The van der Waals surface area contributed by atoms with Gasteiger partial charge in [0.25, 0.3) is 0 Å². The van der Waals surface area contributed by atoms with Crippen LogP contribution in [0.4, 0.5) is 0 Å². The van der Waals surface area contributed by atoms with Crippen LogP contribution in [-0.2, 0) is 10.8 Å². The van der Waals surface area contributed by atoms with Crippen molar-refractivity contribution in [3.63, 3.8) is 0 Å². The third-order valence-electron chi connectivity index (χ3n) is 3.41. The highest BCUT2D eigenvalue weighted by Gasteiger charge is 2.27. The fourth-order valence-electron chi connectivity index (χ4n) is 2.27.